The number of carbonyl (C=O) groups excluding carboxylic acids is 1. The van der Waals surface area contributed by atoms with E-state index in [1.807, 2.05) is 19.9 Å². The molecule has 0 heterocycles. The lowest BCUT2D eigenvalue weighted by Crippen LogP contribution is -2.32. The van der Waals surface area contributed by atoms with Gasteiger partial charge in [0.1, 0.15) is 12.4 Å². The van der Waals surface area contributed by atoms with Crippen LogP contribution in [0.4, 0.5) is 10.5 Å². The first kappa shape index (κ1) is 17.4. The van der Waals surface area contributed by atoms with E-state index in [0.29, 0.717) is 24.4 Å². The van der Waals surface area contributed by atoms with Crippen LogP contribution < -0.4 is 15.4 Å². The number of nitrogens with zero attached hydrogens (tertiary/aromatic N) is 1. The maximum atomic E-state index is 11.8. The Morgan fingerprint density at radius 2 is 1.88 bits per heavy atom. The number of carbonyl (C=O) groups is 1. The minimum Gasteiger partial charge on any atom is -0.491 e. The number of benzene rings is 2. The maximum Gasteiger partial charge on any atom is 0.319 e. The third-order valence-corrected chi connectivity index (χ3v) is 3.49. The number of anilines is 1. The molecule has 0 unspecified atom stereocenters. The van der Waals surface area contributed by atoms with Crippen molar-refractivity contribution < 1.29 is 9.53 Å². The first-order chi connectivity index (χ1) is 11.5. The minimum atomic E-state index is -0.328. The van der Waals surface area contributed by atoms with Crippen molar-refractivity contribution in [1.29, 1.82) is 5.26 Å². The van der Waals surface area contributed by atoms with E-state index in [-0.39, 0.29) is 6.03 Å². The van der Waals surface area contributed by atoms with Crippen molar-refractivity contribution in [2.24, 2.45) is 0 Å². The lowest BCUT2D eigenvalue weighted by Gasteiger charge is -2.13. The average molecular weight is 323 g/mol. The molecule has 2 rings (SSSR count). The molecule has 2 aromatic rings. The molecule has 0 aliphatic rings. The molecular formula is C19H21N3O2. The van der Waals surface area contributed by atoms with Gasteiger partial charge in [0.15, 0.2) is 0 Å². The molecule has 24 heavy (non-hydrogen) atoms. The largest absolute Gasteiger partial charge is 0.491 e. The lowest BCUT2D eigenvalue weighted by atomic mass is 10.1. The molecular weight excluding hydrogens is 302 g/mol. The van der Waals surface area contributed by atoms with Gasteiger partial charge in [0.25, 0.3) is 0 Å². The van der Waals surface area contributed by atoms with Crippen molar-refractivity contribution in [2.45, 2.75) is 20.8 Å². The Labute approximate surface area is 142 Å². The second-order valence-electron chi connectivity index (χ2n) is 5.65. The van der Waals surface area contributed by atoms with Gasteiger partial charge < -0.3 is 15.4 Å². The number of nitrogens with one attached hydrogen (secondary N) is 2. The first-order valence-corrected chi connectivity index (χ1v) is 7.75. The third-order valence-electron chi connectivity index (χ3n) is 3.49. The summed E-state index contributed by atoms with van der Waals surface area (Å²) in [6, 6.07) is 12.6. The molecule has 2 N–H and O–H groups in total. The fraction of sp³-hybridized carbons (Fsp3) is 0.263. The van der Waals surface area contributed by atoms with Gasteiger partial charge in [0, 0.05) is 5.69 Å². The molecule has 0 saturated carbocycles. The van der Waals surface area contributed by atoms with Crippen LogP contribution in [-0.4, -0.2) is 19.2 Å². The summed E-state index contributed by atoms with van der Waals surface area (Å²) in [5.74, 6) is 0.865. The van der Waals surface area contributed by atoms with Crippen molar-refractivity contribution >= 4 is 11.7 Å². The van der Waals surface area contributed by atoms with E-state index >= 15 is 0 Å². The SMILES string of the molecule is Cc1cc(C)c(OCCNC(=O)Nc2cccc(C#N)c2)c(C)c1. The summed E-state index contributed by atoms with van der Waals surface area (Å²) in [5.41, 5.74) is 4.46. The number of rotatable bonds is 5. The highest BCUT2D eigenvalue weighted by atomic mass is 16.5. The van der Waals surface area contributed by atoms with Crippen LogP contribution in [0.25, 0.3) is 0 Å². The monoisotopic (exact) mass is 323 g/mol. The Bertz CT molecular complexity index is 755. The highest BCUT2D eigenvalue weighted by Gasteiger charge is 2.06. The van der Waals surface area contributed by atoms with Gasteiger partial charge in [-0.25, -0.2) is 4.79 Å². The molecule has 0 aliphatic heterocycles. The number of aryl methyl sites for hydroxylation is 3. The standard InChI is InChI=1S/C19H21N3O2/c1-13-9-14(2)18(15(3)10-13)24-8-7-21-19(23)22-17-6-4-5-16(11-17)12-20/h4-6,9-11H,7-8H2,1-3H3,(H2,21,22,23). The first-order valence-electron chi connectivity index (χ1n) is 7.75. The zero-order chi connectivity index (χ0) is 17.5. The molecule has 0 aromatic heterocycles. The summed E-state index contributed by atoms with van der Waals surface area (Å²) in [6.07, 6.45) is 0. The summed E-state index contributed by atoms with van der Waals surface area (Å²) in [7, 11) is 0. The van der Waals surface area contributed by atoms with Gasteiger partial charge in [-0.2, -0.15) is 5.26 Å². The van der Waals surface area contributed by atoms with Crippen LogP contribution >= 0.6 is 0 Å². The van der Waals surface area contributed by atoms with Gasteiger partial charge in [-0.05, 0) is 50.1 Å². The normalized spacial score (nSPS) is 9.92. The van der Waals surface area contributed by atoms with Crippen molar-refractivity contribution in [2.75, 3.05) is 18.5 Å². The molecule has 124 valence electrons. The quantitative estimate of drug-likeness (QED) is 0.824. The lowest BCUT2D eigenvalue weighted by molar-refractivity contribution is 0.247. The smallest absolute Gasteiger partial charge is 0.319 e. The van der Waals surface area contributed by atoms with E-state index in [1.54, 1.807) is 24.3 Å². The maximum absolute atomic E-state index is 11.8. The Kier molecular flexibility index (Phi) is 5.80. The van der Waals surface area contributed by atoms with Crippen LogP contribution in [0, 0.1) is 32.1 Å². The van der Waals surface area contributed by atoms with Gasteiger partial charge in [0.2, 0.25) is 0 Å². The van der Waals surface area contributed by atoms with E-state index in [4.69, 9.17) is 10.00 Å². The van der Waals surface area contributed by atoms with Crippen LogP contribution in [0.2, 0.25) is 0 Å². The zero-order valence-corrected chi connectivity index (χ0v) is 14.1. The van der Waals surface area contributed by atoms with Crippen molar-refractivity contribution in [1.82, 2.24) is 5.32 Å². The molecule has 0 spiro atoms. The Balaban J connectivity index is 1.80. The summed E-state index contributed by atoms with van der Waals surface area (Å²) >= 11 is 0. The molecule has 0 fully saturated rings. The van der Waals surface area contributed by atoms with Crippen LogP contribution in [0.1, 0.15) is 22.3 Å². The van der Waals surface area contributed by atoms with Gasteiger partial charge in [-0.3, -0.25) is 0 Å². The highest BCUT2D eigenvalue weighted by molar-refractivity contribution is 5.89. The Hall–Kier alpha value is -3.00. The summed E-state index contributed by atoms with van der Waals surface area (Å²) in [6.45, 7) is 6.85. The topological polar surface area (TPSA) is 74.2 Å². The molecule has 0 radical (unpaired) electrons. The predicted octanol–water partition coefficient (Wildman–Crippen LogP) is 3.68. The zero-order valence-electron chi connectivity index (χ0n) is 14.1. The van der Waals surface area contributed by atoms with Crippen molar-refractivity contribution in [3.05, 3.63) is 58.7 Å². The molecule has 0 atom stereocenters. The van der Waals surface area contributed by atoms with Crippen LogP contribution in [0.15, 0.2) is 36.4 Å². The van der Waals surface area contributed by atoms with Gasteiger partial charge in [-0.15, -0.1) is 0 Å². The van der Waals surface area contributed by atoms with Crippen molar-refractivity contribution in [3.8, 4) is 11.8 Å². The molecule has 0 aliphatic carbocycles. The highest BCUT2D eigenvalue weighted by Crippen LogP contribution is 2.24. The van der Waals surface area contributed by atoms with Crippen LogP contribution in [0.5, 0.6) is 5.75 Å². The molecule has 5 nitrogen and oxygen atoms in total. The number of hydrogen-bond donors (Lipinski definition) is 2. The predicted molar refractivity (Wildman–Crippen MR) is 94.3 cm³/mol. The summed E-state index contributed by atoms with van der Waals surface area (Å²) < 4.78 is 5.77. The summed E-state index contributed by atoms with van der Waals surface area (Å²) in [4.78, 5) is 11.8. The molecule has 5 heteroatoms. The molecule has 2 aromatic carbocycles. The fourth-order valence-electron chi connectivity index (χ4n) is 2.55. The molecule has 0 saturated heterocycles. The van der Waals surface area contributed by atoms with Gasteiger partial charge in [-0.1, -0.05) is 23.8 Å². The Morgan fingerprint density at radius 3 is 2.54 bits per heavy atom. The fourth-order valence-corrected chi connectivity index (χ4v) is 2.55. The average Bonchev–Trinajstić information content (AvgIpc) is 2.53. The molecule has 2 amide bonds. The number of amides is 2. The second-order valence-corrected chi connectivity index (χ2v) is 5.65. The van der Waals surface area contributed by atoms with E-state index in [0.717, 1.165) is 16.9 Å². The second kappa shape index (κ2) is 8.02. The van der Waals surface area contributed by atoms with E-state index in [9.17, 15) is 4.79 Å². The van der Waals surface area contributed by atoms with E-state index in [1.165, 1.54) is 5.56 Å². The van der Waals surface area contributed by atoms with Gasteiger partial charge in [0.05, 0.1) is 18.2 Å². The van der Waals surface area contributed by atoms with Gasteiger partial charge >= 0.3 is 6.03 Å². The number of hydrogen-bond acceptors (Lipinski definition) is 3. The molecule has 0 bridgehead atoms. The van der Waals surface area contributed by atoms with Crippen LogP contribution in [-0.2, 0) is 0 Å². The number of urea groups is 1. The van der Waals surface area contributed by atoms with E-state index < -0.39 is 0 Å². The van der Waals surface area contributed by atoms with Crippen LogP contribution in [0.3, 0.4) is 0 Å². The van der Waals surface area contributed by atoms with Crippen molar-refractivity contribution in [3.63, 3.8) is 0 Å². The third kappa shape index (κ3) is 4.75. The Morgan fingerprint density at radius 1 is 1.17 bits per heavy atom. The minimum absolute atomic E-state index is 0.328. The number of nitriles is 1. The van der Waals surface area contributed by atoms with E-state index in [2.05, 4.69) is 29.7 Å². The number of ether oxygens (including phenoxy) is 1. The summed E-state index contributed by atoms with van der Waals surface area (Å²) in [5, 5.41) is 14.3.